The monoisotopic (exact) mass is 289 g/mol. The Hall–Kier alpha value is -0.190. The molecule has 0 aliphatic heterocycles. The number of halogens is 1. The van der Waals surface area contributed by atoms with Crippen molar-refractivity contribution in [2.75, 3.05) is 12.3 Å². The average Bonchev–Trinajstić information content (AvgIpc) is 2.71. The van der Waals surface area contributed by atoms with Gasteiger partial charge in [-0.2, -0.15) is 16.9 Å². The van der Waals surface area contributed by atoms with Crippen molar-refractivity contribution in [3.8, 4) is 0 Å². The number of thioether (sulfide) groups is 1. The fraction of sp³-hybridized carbons (Fsp3) is 0.769. The van der Waals surface area contributed by atoms with Crippen molar-refractivity contribution in [3.63, 3.8) is 0 Å². The summed E-state index contributed by atoms with van der Waals surface area (Å²) >= 11 is 8.23. The second-order valence-electron chi connectivity index (χ2n) is 4.58. The van der Waals surface area contributed by atoms with Gasteiger partial charge in [0.1, 0.15) is 0 Å². The summed E-state index contributed by atoms with van der Waals surface area (Å²) in [5.74, 6) is 1.03. The van der Waals surface area contributed by atoms with Crippen LogP contribution in [-0.2, 0) is 6.54 Å². The maximum atomic E-state index is 6.28. The summed E-state index contributed by atoms with van der Waals surface area (Å²) in [6.07, 6.45) is 2.88. The summed E-state index contributed by atoms with van der Waals surface area (Å²) in [6.45, 7) is 10.6. The smallest absolute Gasteiger partial charge is 0.0834 e. The Morgan fingerprint density at radius 1 is 1.44 bits per heavy atom. The van der Waals surface area contributed by atoms with Gasteiger partial charge in [-0.3, -0.25) is 4.68 Å². The molecule has 18 heavy (non-hydrogen) atoms. The van der Waals surface area contributed by atoms with Crippen LogP contribution in [0.5, 0.6) is 0 Å². The van der Waals surface area contributed by atoms with Crippen molar-refractivity contribution in [1.82, 2.24) is 15.1 Å². The predicted octanol–water partition coefficient (Wildman–Crippen LogP) is 3.74. The number of rotatable bonds is 8. The van der Waals surface area contributed by atoms with Gasteiger partial charge in [0, 0.05) is 12.3 Å². The van der Waals surface area contributed by atoms with Crippen LogP contribution in [0.1, 0.15) is 45.9 Å². The van der Waals surface area contributed by atoms with Crippen molar-refractivity contribution < 1.29 is 0 Å². The van der Waals surface area contributed by atoms with Gasteiger partial charge in [-0.05, 0) is 25.1 Å². The molecule has 1 atom stereocenters. The van der Waals surface area contributed by atoms with Gasteiger partial charge in [0.15, 0.2) is 0 Å². The van der Waals surface area contributed by atoms with Crippen molar-refractivity contribution in [2.45, 2.75) is 52.0 Å². The van der Waals surface area contributed by atoms with Crippen LogP contribution < -0.4 is 5.32 Å². The number of hydrogen-bond acceptors (Lipinski definition) is 3. The van der Waals surface area contributed by atoms with Crippen molar-refractivity contribution in [3.05, 3.63) is 16.9 Å². The zero-order chi connectivity index (χ0) is 13.5. The van der Waals surface area contributed by atoms with Crippen molar-refractivity contribution in [1.29, 1.82) is 0 Å². The highest BCUT2D eigenvalue weighted by molar-refractivity contribution is 7.99. The molecule has 1 heterocycles. The highest BCUT2D eigenvalue weighted by atomic mass is 35.5. The number of hydrogen-bond donors (Lipinski definition) is 1. The van der Waals surface area contributed by atoms with E-state index in [4.69, 9.17) is 11.6 Å². The van der Waals surface area contributed by atoms with E-state index in [1.54, 1.807) is 6.20 Å². The second kappa shape index (κ2) is 8.08. The summed E-state index contributed by atoms with van der Waals surface area (Å²) < 4.78 is 2.00. The van der Waals surface area contributed by atoms with Gasteiger partial charge < -0.3 is 5.32 Å². The maximum Gasteiger partial charge on any atom is 0.0834 e. The molecule has 0 spiro atoms. The highest BCUT2D eigenvalue weighted by Crippen LogP contribution is 2.27. The molecule has 1 aromatic heterocycles. The molecule has 0 saturated heterocycles. The van der Waals surface area contributed by atoms with Gasteiger partial charge >= 0.3 is 0 Å². The molecule has 3 nitrogen and oxygen atoms in total. The lowest BCUT2D eigenvalue weighted by molar-refractivity contribution is 0.514. The van der Waals surface area contributed by atoms with Crippen molar-refractivity contribution in [2.24, 2.45) is 0 Å². The van der Waals surface area contributed by atoms with E-state index >= 15 is 0 Å². The van der Waals surface area contributed by atoms with Crippen LogP contribution in [0.2, 0.25) is 5.02 Å². The zero-order valence-electron chi connectivity index (χ0n) is 11.7. The van der Waals surface area contributed by atoms with Gasteiger partial charge in [0.05, 0.1) is 23.0 Å². The Labute approximate surface area is 120 Å². The van der Waals surface area contributed by atoms with Gasteiger partial charge in [-0.1, -0.05) is 32.4 Å². The fourth-order valence-corrected chi connectivity index (χ4v) is 2.94. The molecule has 0 aliphatic carbocycles. The first-order valence-corrected chi connectivity index (χ1v) is 8.08. The third-order valence-electron chi connectivity index (χ3n) is 2.70. The first kappa shape index (κ1) is 15.9. The Balaban J connectivity index is 2.82. The Morgan fingerprint density at radius 3 is 2.72 bits per heavy atom. The fourth-order valence-electron chi connectivity index (χ4n) is 1.81. The van der Waals surface area contributed by atoms with Gasteiger partial charge in [0.2, 0.25) is 0 Å². The van der Waals surface area contributed by atoms with E-state index in [-0.39, 0.29) is 6.04 Å². The largest absolute Gasteiger partial charge is 0.308 e. The third-order valence-corrected chi connectivity index (χ3v) is 4.18. The molecule has 1 rings (SSSR count). The van der Waals surface area contributed by atoms with E-state index in [2.05, 4.69) is 38.1 Å². The summed E-state index contributed by atoms with van der Waals surface area (Å²) in [7, 11) is 0. The van der Waals surface area contributed by atoms with E-state index in [0.29, 0.717) is 5.25 Å². The lowest BCUT2D eigenvalue weighted by Crippen LogP contribution is -2.27. The van der Waals surface area contributed by atoms with Crippen LogP contribution in [0, 0.1) is 0 Å². The Bertz CT molecular complexity index is 352. The standard InChI is InChI=1S/C13H24ClN3S/c1-5-7-15-12(9-18-10(3)4)13-11(14)8-16-17(13)6-2/h8,10,12,15H,5-7,9H2,1-4H3. The predicted molar refractivity (Wildman–Crippen MR) is 81.5 cm³/mol. The molecule has 0 fully saturated rings. The van der Waals surface area contributed by atoms with E-state index in [0.717, 1.165) is 36.0 Å². The van der Waals surface area contributed by atoms with E-state index in [1.165, 1.54) is 0 Å². The minimum Gasteiger partial charge on any atom is -0.308 e. The minimum atomic E-state index is 0.285. The third kappa shape index (κ3) is 4.48. The number of nitrogens with zero attached hydrogens (tertiary/aromatic N) is 2. The molecule has 1 aromatic rings. The molecule has 1 N–H and O–H groups in total. The lowest BCUT2D eigenvalue weighted by atomic mass is 10.2. The van der Waals surface area contributed by atoms with Crippen LogP contribution in [0.25, 0.3) is 0 Å². The minimum absolute atomic E-state index is 0.285. The summed E-state index contributed by atoms with van der Waals surface area (Å²) in [6, 6.07) is 0.285. The summed E-state index contributed by atoms with van der Waals surface area (Å²) in [4.78, 5) is 0. The number of nitrogens with one attached hydrogen (secondary N) is 1. The molecule has 0 amide bonds. The van der Waals surface area contributed by atoms with Gasteiger partial charge in [-0.15, -0.1) is 0 Å². The molecule has 0 bridgehead atoms. The highest BCUT2D eigenvalue weighted by Gasteiger charge is 2.19. The topological polar surface area (TPSA) is 29.9 Å². The zero-order valence-corrected chi connectivity index (χ0v) is 13.3. The Kier molecular flexibility index (Phi) is 7.12. The first-order valence-electron chi connectivity index (χ1n) is 6.66. The van der Waals surface area contributed by atoms with Gasteiger partial charge in [0.25, 0.3) is 0 Å². The van der Waals surface area contributed by atoms with E-state index in [1.807, 2.05) is 16.4 Å². The van der Waals surface area contributed by atoms with Crippen molar-refractivity contribution >= 4 is 23.4 Å². The van der Waals surface area contributed by atoms with Crippen LogP contribution >= 0.6 is 23.4 Å². The quantitative estimate of drug-likeness (QED) is 0.791. The van der Waals surface area contributed by atoms with Crippen LogP contribution in [-0.4, -0.2) is 27.3 Å². The molecule has 0 aliphatic rings. The second-order valence-corrected chi connectivity index (χ2v) is 6.60. The normalized spacial score (nSPS) is 13.2. The SMILES string of the molecule is CCCNC(CSC(C)C)c1c(Cl)cnn1CC. The molecular weight excluding hydrogens is 266 g/mol. The summed E-state index contributed by atoms with van der Waals surface area (Å²) in [5.41, 5.74) is 1.13. The summed E-state index contributed by atoms with van der Waals surface area (Å²) in [5, 5.41) is 9.31. The van der Waals surface area contributed by atoms with E-state index < -0.39 is 0 Å². The average molecular weight is 290 g/mol. The molecule has 1 unspecified atom stereocenters. The first-order chi connectivity index (χ1) is 8.60. The molecular formula is C13H24ClN3S. The maximum absolute atomic E-state index is 6.28. The van der Waals surface area contributed by atoms with Crippen LogP contribution in [0.15, 0.2) is 6.20 Å². The molecule has 0 aromatic carbocycles. The Morgan fingerprint density at radius 2 is 2.17 bits per heavy atom. The number of aromatic nitrogens is 2. The molecule has 104 valence electrons. The molecule has 5 heteroatoms. The van der Waals surface area contributed by atoms with Gasteiger partial charge in [-0.25, -0.2) is 0 Å². The lowest BCUT2D eigenvalue weighted by Gasteiger charge is -2.21. The molecule has 0 radical (unpaired) electrons. The number of aryl methyl sites for hydroxylation is 1. The van der Waals surface area contributed by atoms with E-state index in [9.17, 15) is 0 Å². The van der Waals surface area contributed by atoms with Crippen LogP contribution in [0.3, 0.4) is 0 Å². The molecule has 0 saturated carbocycles. The van der Waals surface area contributed by atoms with Crippen LogP contribution in [0.4, 0.5) is 0 Å².